The number of carbonyl (C=O) groups is 1. The molecule has 2 aromatic carbocycles. The highest BCUT2D eigenvalue weighted by molar-refractivity contribution is 6.30. The monoisotopic (exact) mass is 304 g/mol. The molecule has 0 amide bonds. The van der Waals surface area contributed by atoms with Crippen molar-refractivity contribution in [3.63, 3.8) is 0 Å². The average molecular weight is 305 g/mol. The number of benzene rings is 2. The lowest BCUT2D eigenvalue weighted by Gasteiger charge is -2.19. The Labute approximate surface area is 126 Å². The summed E-state index contributed by atoms with van der Waals surface area (Å²) in [5, 5.41) is 11.8. The fraction of sp³-hybridized carbons (Fsp3) is 0.133. The first-order chi connectivity index (χ1) is 10.0. The van der Waals surface area contributed by atoms with E-state index in [0.717, 1.165) is 5.56 Å². The van der Waals surface area contributed by atoms with Crippen molar-refractivity contribution in [1.82, 2.24) is 0 Å². The summed E-state index contributed by atoms with van der Waals surface area (Å²) in [5.74, 6) is 0. The first-order valence-corrected chi connectivity index (χ1v) is 6.58. The van der Waals surface area contributed by atoms with Crippen molar-refractivity contribution in [2.45, 2.75) is 6.54 Å². The number of nitro groups is 1. The van der Waals surface area contributed by atoms with E-state index in [9.17, 15) is 14.9 Å². The number of carbonyl (C=O) groups excluding carboxylic acids is 1. The Morgan fingerprint density at radius 1 is 1.29 bits per heavy atom. The van der Waals surface area contributed by atoms with E-state index in [4.69, 9.17) is 11.6 Å². The lowest BCUT2D eigenvalue weighted by Crippen LogP contribution is -2.17. The van der Waals surface area contributed by atoms with E-state index < -0.39 is 4.92 Å². The van der Waals surface area contributed by atoms with Crippen molar-refractivity contribution in [1.29, 1.82) is 0 Å². The fourth-order valence-corrected chi connectivity index (χ4v) is 2.29. The SMILES string of the molecule is CN(Cc1cccc(Cl)c1)c1ccc(C=O)cc1[N+](=O)[O-]. The van der Waals surface area contributed by atoms with Gasteiger partial charge in [0.15, 0.2) is 0 Å². The summed E-state index contributed by atoms with van der Waals surface area (Å²) in [6, 6.07) is 11.7. The molecule has 0 radical (unpaired) electrons. The van der Waals surface area contributed by atoms with Crippen molar-refractivity contribution in [2.75, 3.05) is 11.9 Å². The first-order valence-electron chi connectivity index (χ1n) is 6.20. The van der Waals surface area contributed by atoms with Gasteiger partial charge in [0.05, 0.1) is 4.92 Å². The number of aldehydes is 1. The van der Waals surface area contributed by atoms with Crippen LogP contribution in [0.15, 0.2) is 42.5 Å². The molecule has 0 saturated carbocycles. The van der Waals surface area contributed by atoms with E-state index in [1.165, 1.54) is 6.07 Å². The van der Waals surface area contributed by atoms with Gasteiger partial charge in [0.2, 0.25) is 0 Å². The Bertz CT molecular complexity index is 688. The van der Waals surface area contributed by atoms with Gasteiger partial charge < -0.3 is 4.90 Å². The van der Waals surface area contributed by atoms with Crippen molar-refractivity contribution >= 4 is 29.3 Å². The van der Waals surface area contributed by atoms with Crippen molar-refractivity contribution in [2.24, 2.45) is 0 Å². The second-order valence-electron chi connectivity index (χ2n) is 4.61. The molecule has 0 aliphatic rings. The van der Waals surface area contributed by atoms with Gasteiger partial charge in [-0.2, -0.15) is 0 Å². The molecule has 21 heavy (non-hydrogen) atoms. The van der Waals surface area contributed by atoms with Crippen LogP contribution in [0.4, 0.5) is 11.4 Å². The van der Waals surface area contributed by atoms with Crippen LogP contribution in [0, 0.1) is 10.1 Å². The third-order valence-corrected chi connectivity index (χ3v) is 3.29. The Balaban J connectivity index is 2.32. The van der Waals surface area contributed by atoms with E-state index >= 15 is 0 Å². The standard InChI is InChI=1S/C15H13ClN2O3/c1-17(9-11-3-2-4-13(16)7-11)14-6-5-12(10-19)8-15(14)18(20)21/h2-8,10H,9H2,1H3. The van der Waals surface area contributed by atoms with Gasteiger partial charge in [0, 0.05) is 30.2 Å². The van der Waals surface area contributed by atoms with Gasteiger partial charge in [-0.3, -0.25) is 14.9 Å². The average Bonchev–Trinajstić information content (AvgIpc) is 2.46. The van der Waals surface area contributed by atoms with Crippen LogP contribution in [0.25, 0.3) is 0 Å². The molecule has 108 valence electrons. The molecule has 0 heterocycles. The van der Waals surface area contributed by atoms with E-state index in [1.807, 2.05) is 18.2 Å². The number of rotatable bonds is 5. The van der Waals surface area contributed by atoms with Crippen LogP contribution >= 0.6 is 11.6 Å². The van der Waals surface area contributed by atoms with Crippen LogP contribution in [0.5, 0.6) is 0 Å². The molecule has 2 aromatic rings. The molecule has 0 N–H and O–H groups in total. The highest BCUT2D eigenvalue weighted by Crippen LogP contribution is 2.29. The van der Waals surface area contributed by atoms with Crippen molar-refractivity contribution < 1.29 is 9.72 Å². The lowest BCUT2D eigenvalue weighted by molar-refractivity contribution is -0.384. The van der Waals surface area contributed by atoms with Gasteiger partial charge in [-0.05, 0) is 29.8 Å². The third-order valence-electron chi connectivity index (χ3n) is 3.05. The number of anilines is 1. The summed E-state index contributed by atoms with van der Waals surface area (Å²) in [6.07, 6.45) is 0.591. The van der Waals surface area contributed by atoms with Crippen LogP contribution in [-0.2, 0) is 6.54 Å². The molecule has 0 saturated heterocycles. The van der Waals surface area contributed by atoms with Gasteiger partial charge in [-0.1, -0.05) is 23.7 Å². The Kier molecular flexibility index (Phi) is 4.55. The van der Waals surface area contributed by atoms with Gasteiger partial charge in [-0.25, -0.2) is 0 Å². The maximum Gasteiger partial charge on any atom is 0.293 e. The number of halogens is 1. The zero-order valence-electron chi connectivity index (χ0n) is 11.3. The molecular formula is C15H13ClN2O3. The number of nitro benzene ring substituents is 1. The summed E-state index contributed by atoms with van der Waals surface area (Å²) in [6.45, 7) is 0.474. The first kappa shape index (κ1) is 15.0. The normalized spacial score (nSPS) is 10.2. The molecule has 6 heteroatoms. The van der Waals surface area contributed by atoms with Crippen LogP contribution in [0.2, 0.25) is 5.02 Å². The summed E-state index contributed by atoms with van der Waals surface area (Å²) in [4.78, 5) is 23.1. The largest absolute Gasteiger partial charge is 0.365 e. The molecular weight excluding hydrogens is 292 g/mol. The molecule has 0 unspecified atom stereocenters. The number of nitrogens with zero attached hydrogens (tertiary/aromatic N) is 2. The zero-order chi connectivity index (χ0) is 15.4. The Morgan fingerprint density at radius 3 is 2.67 bits per heavy atom. The minimum Gasteiger partial charge on any atom is -0.365 e. The van der Waals surface area contributed by atoms with Crippen LogP contribution in [0.1, 0.15) is 15.9 Å². The van der Waals surface area contributed by atoms with Crippen molar-refractivity contribution in [3.8, 4) is 0 Å². The summed E-state index contributed by atoms with van der Waals surface area (Å²) in [5.41, 5.74) is 1.58. The van der Waals surface area contributed by atoms with Crippen LogP contribution in [0.3, 0.4) is 0 Å². The molecule has 2 rings (SSSR count). The maximum atomic E-state index is 11.1. The highest BCUT2D eigenvalue weighted by atomic mass is 35.5. The topological polar surface area (TPSA) is 63.5 Å². The van der Waals surface area contributed by atoms with E-state index in [-0.39, 0.29) is 11.3 Å². The van der Waals surface area contributed by atoms with Gasteiger partial charge in [0.1, 0.15) is 12.0 Å². The lowest BCUT2D eigenvalue weighted by atomic mass is 10.1. The molecule has 0 aromatic heterocycles. The fourth-order valence-electron chi connectivity index (χ4n) is 2.08. The molecule has 0 spiro atoms. The van der Waals surface area contributed by atoms with Gasteiger partial charge in [-0.15, -0.1) is 0 Å². The minimum absolute atomic E-state index is 0.0934. The summed E-state index contributed by atoms with van der Waals surface area (Å²) in [7, 11) is 1.75. The zero-order valence-corrected chi connectivity index (χ0v) is 12.1. The minimum atomic E-state index is -0.489. The molecule has 0 aliphatic carbocycles. The predicted molar refractivity (Wildman–Crippen MR) is 82.0 cm³/mol. The second-order valence-corrected chi connectivity index (χ2v) is 5.05. The van der Waals surface area contributed by atoms with E-state index in [2.05, 4.69) is 0 Å². The molecule has 0 aliphatic heterocycles. The Hall–Kier alpha value is -2.40. The van der Waals surface area contributed by atoms with Gasteiger partial charge in [0.25, 0.3) is 5.69 Å². The highest BCUT2D eigenvalue weighted by Gasteiger charge is 2.18. The van der Waals surface area contributed by atoms with Crippen molar-refractivity contribution in [3.05, 3.63) is 68.7 Å². The van der Waals surface area contributed by atoms with E-state index in [0.29, 0.717) is 23.5 Å². The van der Waals surface area contributed by atoms with E-state index in [1.54, 1.807) is 30.1 Å². The quantitative estimate of drug-likeness (QED) is 0.480. The Morgan fingerprint density at radius 2 is 2.05 bits per heavy atom. The molecule has 0 fully saturated rings. The summed E-state index contributed by atoms with van der Waals surface area (Å²) >= 11 is 5.93. The van der Waals surface area contributed by atoms with Crippen LogP contribution < -0.4 is 4.90 Å². The van der Waals surface area contributed by atoms with Crippen LogP contribution in [-0.4, -0.2) is 18.3 Å². The van der Waals surface area contributed by atoms with Gasteiger partial charge >= 0.3 is 0 Å². The smallest absolute Gasteiger partial charge is 0.293 e. The summed E-state index contributed by atoms with van der Waals surface area (Å²) < 4.78 is 0. The predicted octanol–water partition coefficient (Wildman–Crippen LogP) is 3.70. The number of hydrogen-bond donors (Lipinski definition) is 0. The number of hydrogen-bond acceptors (Lipinski definition) is 4. The second kappa shape index (κ2) is 6.37. The molecule has 5 nitrogen and oxygen atoms in total. The molecule has 0 atom stereocenters. The molecule has 0 bridgehead atoms. The third kappa shape index (κ3) is 3.58. The maximum absolute atomic E-state index is 11.1.